The van der Waals surface area contributed by atoms with E-state index in [1.54, 1.807) is 12.1 Å². The highest BCUT2D eigenvalue weighted by atomic mass is 35.5. The van der Waals surface area contributed by atoms with Gasteiger partial charge >= 0.3 is 0 Å². The Bertz CT molecular complexity index is 1070. The second kappa shape index (κ2) is 7.98. The Morgan fingerprint density at radius 1 is 1.15 bits per heavy atom. The van der Waals surface area contributed by atoms with Crippen LogP contribution in [0.4, 0.5) is 0 Å². The van der Waals surface area contributed by atoms with Crippen LogP contribution in [0.25, 0.3) is 11.4 Å². The van der Waals surface area contributed by atoms with Crippen LogP contribution in [0.15, 0.2) is 47.0 Å². The molecule has 1 heterocycles. The minimum atomic E-state index is -3.63. The number of hydrogen-bond acceptors (Lipinski definition) is 5. The largest absolute Gasteiger partial charge is 0.338 e. The van der Waals surface area contributed by atoms with E-state index in [2.05, 4.69) is 10.1 Å². The van der Waals surface area contributed by atoms with E-state index < -0.39 is 10.0 Å². The van der Waals surface area contributed by atoms with E-state index in [9.17, 15) is 8.42 Å². The summed E-state index contributed by atoms with van der Waals surface area (Å²) in [5, 5.41) is 4.68. The molecule has 0 radical (unpaired) electrons. The van der Waals surface area contributed by atoms with Gasteiger partial charge in [0.1, 0.15) is 0 Å². The molecule has 0 atom stereocenters. The van der Waals surface area contributed by atoms with Gasteiger partial charge in [0.05, 0.1) is 12.3 Å². The summed E-state index contributed by atoms with van der Waals surface area (Å²) in [6.07, 6.45) is 0. The quantitative estimate of drug-likeness (QED) is 0.587. The topological polar surface area (TPSA) is 76.3 Å². The zero-order valence-electron chi connectivity index (χ0n) is 14.7. The number of aromatic nitrogens is 2. The molecule has 0 aliphatic rings. The molecule has 2 aromatic carbocycles. The number of halogens is 2. The summed E-state index contributed by atoms with van der Waals surface area (Å²) in [4.78, 5) is 4.28. The lowest BCUT2D eigenvalue weighted by Crippen LogP contribution is -2.28. The maximum absolute atomic E-state index is 12.6. The fourth-order valence-electron chi connectivity index (χ4n) is 2.45. The van der Waals surface area contributed by atoms with Gasteiger partial charge in [-0.05, 0) is 30.7 Å². The number of benzene rings is 2. The van der Waals surface area contributed by atoms with Gasteiger partial charge in [0.15, 0.2) is 0 Å². The van der Waals surface area contributed by atoms with Gasteiger partial charge in [-0.3, -0.25) is 0 Å². The van der Waals surface area contributed by atoms with Gasteiger partial charge < -0.3 is 4.52 Å². The van der Waals surface area contributed by atoms with Gasteiger partial charge in [-0.15, -0.1) is 0 Å². The van der Waals surface area contributed by atoms with Crippen molar-refractivity contribution in [3.8, 4) is 11.4 Å². The molecule has 27 heavy (non-hydrogen) atoms. The molecular formula is C18H17Cl2N3O3S. The minimum Gasteiger partial charge on any atom is -0.338 e. The van der Waals surface area contributed by atoms with Gasteiger partial charge in [0, 0.05) is 22.7 Å². The normalized spacial score (nSPS) is 11.9. The van der Waals surface area contributed by atoms with Crippen LogP contribution in [0.1, 0.15) is 17.0 Å². The SMILES string of the molecule is Cc1cccc(-c2noc(CN(C)S(=O)(=O)Cc3ccc(Cl)cc3Cl)n2)c1. The summed E-state index contributed by atoms with van der Waals surface area (Å²) < 4.78 is 31.6. The molecule has 1 aromatic heterocycles. The zero-order chi connectivity index (χ0) is 19.6. The highest BCUT2D eigenvalue weighted by Crippen LogP contribution is 2.24. The smallest absolute Gasteiger partial charge is 0.242 e. The van der Waals surface area contributed by atoms with E-state index in [4.69, 9.17) is 27.7 Å². The molecule has 0 amide bonds. The van der Waals surface area contributed by atoms with Crippen LogP contribution in [-0.2, 0) is 22.3 Å². The van der Waals surface area contributed by atoms with Crippen LogP contribution in [0.2, 0.25) is 10.0 Å². The molecule has 0 fully saturated rings. The Hall–Kier alpha value is -1.93. The predicted molar refractivity (Wildman–Crippen MR) is 105 cm³/mol. The first-order valence-corrected chi connectivity index (χ1v) is 10.4. The highest BCUT2D eigenvalue weighted by molar-refractivity contribution is 7.88. The Morgan fingerprint density at radius 3 is 2.63 bits per heavy atom. The van der Waals surface area contributed by atoms with E-state index in [1.807, 2.05) is 31.2 Å². The van der Waals surface area contributed by atoms with Crippen molar-refractivity contribution in [1.29, 1.82) is 0 Å². The molecule has 0 saturated heterocycles. The number of hydrogen-bond donors (Lipinski definition) is 0. The predicted octanol–water partition coefficient (Wildman–Crippen LogP) is 4.31. The summed E-state index contributed by atoms with van der Waals surface area (Å²) in [5.74, 6) is 0.373. The molecule has 6 nitrogen and oxygen atoms in total. The molecule has 0 spiro atoms. The highest BCUT2D eigenvalue weighted by Gasteiger charge is 2.22. The maximum Gasteiger partial charge on any atom is 0.242 e. The molecule has 3 rings (SSSR count). The van der Waals surface area contributed by atoms with E-state index in [0.717, 1.165) is 15.4 Å². The van der Waals surface area contributed by atoms with Crippen molar-refractivity contribution in [2.75, 3.05) is 7.05 Å². The van der Waals surface area contributed by atoms with Crippen LogP contribution < -0.4 is 0 Å². The Kier molecular flexibility index (Phi) is 5.86. The lowest BCUT2D eigenvalue weighted by atomic mass is 10.1. The summed E-state index contributed by atoms with van der Waals surface area (Å²) in [6.45, 7) is 1.93. The average molecular weight is 426 g/mol. The molecular weight excluding hydrogens is 409 g/mol. The molecule has 3 aromatic rings. The van der Waals surface area contributed by atoms with Crippen molar-refractivity contribution in [2.45, 2.75) is 19.2 Å². The number of rotatable bonds is 6. The summed E-state index contributed by atoms with van der Waals surface area (Å²) in [5.41, 5.74) is 2.35. The van der Waals surface area contributed by atoms with E-state index >= 15 is 0 Å². The summed E-state index contributed by atoms with van der Waals surface area (Å²) in [6, 6.07) is 12.4. The average Bonchev–Trinajstić information content (AvgIpc) is 3.06. The van der Waals surface area contributed by atoms with Crippen molar-refractivity contribution in [2.24, 2.45) is 0 Å². The summed E-state index contributed by atoms with van der Waals surface area (Å²) in [7, 11) is -2.18. The van der Waals surface area contributed by atoms with Crippen LogP contribution in [-0.4, -0.2) is 29.9 Å². The minimum absolute atomic E-state index is 0.0354. The van der Waals surface area contributed by atoms with Gasteiger partial charge in [-0.1, -0.05) is 58.2 Å². The second-order valence-corrected chi connectivity index (χ2v) is 9.05. The van der Waals surface area contributed by atoms with Crippen molar-refractivity contribution in [1.82, 2.24) is 14.4 Å². The Balaban J connectivity index is 1.73. The van der Waals surface area contributed by atoms with Crippen molar-refractivity contribution in [3.05, 3.63) is 69.5 Å². The first-order valence-electron chi connectivity index (χ1n) is 8.02. The molecule has 0 unspecified atom stereocenters. The molecule has 142 valence electrons. The molecule has 0 saturated carbocycles. The second-order valence-electron chi connectivity index (χ2n) is 6.13. The molecule has 9 heteroatoms. The van der Waals surface area contributed by atoms with E-state index in [1.165, 1.54) is 13.1 Å². The van der Waals surface area contributed by atoms with Crippen LogP contribution in [0.3, 0.4) is 0 Å². The fourth-order valence-corrected chi connectivity index (χ4v) is 4.18. The number of aryl methyl sites for hydroxylation is 1. The van der Waals surface area contributed by atoms with Gasteiger partial charge in [0.2, 0.25) is 21.7 Å². The zero-order valence-corrected chi connectivity index (χ0v) is 17.0. The van der Waals surface area contributed by atoms with E-state index in [0.29, 0.717) is 21.4 Å². The lowest BCUT2D eigenvalue weighted by molar-refractivity contribution is 0.336. The molecule has 0 aliphatic heterocycles. The molecule has 0 bridgehead atoms. The van der Waals surface area contributed by atoms with E-state index in [-0.39, 0.29) is 18.2 Å². The monoisotopic (exact) mass is 425 g/mol. The van der Waals surface area contributed by atoms with Crippen molar-refractivity contribution >= 4 is 33.2 Å². The van der Waals surface area contributed by atoms with Crippen LogP contribution in [0.5, 0.6) is 0 Å². The third kappa shape index (κ3) is 4.87. The molecule has 0 N–H and O–H groups in total. The number of sulfonamides is 1. The first-order chi connectivity index (χ1) is 12.7. The summed E-state index contributed by atoms with van der Waals surface area (Å²) >= 11 is 11.9. The third-order valence-electron chi connectivity index (χ3n) is 3.93. The first kappa shape index (κ1) is 19.8. The lowest BCUT2D eigenvalue weighted by Gasteiger charge is -2.15. The van der Waals surface area contributed by atoms with Crippen molar-refractivity contribution < 1.29 is 12.9 Å². The van der Waals surface area contributed by atoms with Gasteiger partial charge in [-0.2, -0.15) is 9.29 Å². The van der Waals surface area contributed by atoms with Crippen LogP contribution in [0, 0.1) is 6.92 Å². The molecule has 0 aliphatic carbocycles. The number of nitrogens with zero attached hydrogens (tertiary/aromatic N) is 3. The fraction of sp³-hybridized carbons (Fsp3) is 0.222. The van der Waals surface area contributed by atoms with Gasteiger partial charge in [0.25, 0.3) is 0 Å². The van der Waals surface area contributed by atoms with Crippen molar-refractivity contribution in [3.63, 3.8) is 0 Å². The van der Waals surface area contributed by atoms with Gasteiger partial charge in [-0.25, -0.2) is 8.42 Å². The van der Waals surface area contributed by atoms with Crippen LogP contribution >= 0.6 is 23.2 Å². The maximum atomic E-state index is 12.6. The Labute approximate surface area is 167 Å². The standard InChI is InChI=1S/C18H17Cl2N3O3S/c1-12-4-3-5-13(8-12)18-21-17(26-22-18)10-23(2)27(24,25)11-14-6-7-15(19)9-16(14)20/h3-9H,10-11H2,1-2H3. The third-order valence-corrected chi connectivity index (χ3v) is 6.27. The Morgan fingerprint density at radius 2 is 1.93 bits per heavy atom.